The van der Waals surface area contributed by atoms with Crippen LogP contribution in [0.5, 0.6) is 5.75 Å². The number of hydrogen-bond acceptors (Lipinski definition) is 2. The zero-order valence-electron chi connectivity index (χ0n) is 10.7. The van der Waals surface area contributed by atoms with E-state index in [1.165, 1.54) is 5.56 Å². The third-order valence-electron chi connectivity index (χ3n) is 1.57. The number of rotatable bonds is 3. The Morgan fingerprint density at radius 3 is 2.20 bits per heavy atom. The summed E-state index contributed by atoms with van der Waals surface area (Å²) < 4.78 is 5.06. The molecule has 1 rings (SSSR count). The van der Waals surface area contributed by atoms with Crippen molar-refractivity contribution in [3.8, 4) is 5.75 Å². The van der Waals surface area contributed by atoms with Crippen molar-refractivity contribution in [3.05, 3.63) is 29.8 Å². The number of methoxy groups -OCH3 is 1. The van der Waals surface area contributed by atoms with Crippen LogP contribution in [-0.2, 0) is 6.42 Å². The first kappa shape index (κ1) is 16.4. The smallest absolute Gasteiger partial charge is 0.119 e. The van der Waals surface area contributed by atoms with Crippen LogP contribution >= 0.6 is 0 Å². The summed E-state index contributed by atoms with van der Waals surface area (Å²) in [5, 5.41) is 0. The zero-order chi connectivity index (χ0) is 12.1. The van der Waals surface area contributed by atoms with E-state index in [4.69, 9.17) is 10.5 Å². The summed E-state index contributed by atoms with van der Waals surface area (Å²) in [5.74, 6) is 0.899. The fraction of sp³-hybridized carbons (Fsp3) is 0.538. The highest BCUT2D eigenvalue weighted by Crippen LogP contribution is 2.12. The zero-order valence-corrected chi connectivity index (χ0v) is 10.7. The van der Waals surface area contributed by atoms with Crippen molar-refractivity contribution >= 4 is 0 Å². The number of hydrogen-bond donors (Lipinski definition) is 1. The molecular formula is C13H25NO. The molecule has 2 heteroatoms. The molecule has 1 aromatic carbocycles. The molecule has 0 spiro atoms. The van der Waals surface area contributed by atoms with Crippen LogP contribution in [0.15, 0.2) is 24.3 Å². The molecule has 2 N–H and O–H groups in total. The molecule has 0 saturated carbocycles. The highest BCUT2D eigenvalue weighted by molar-refractivity contribution is 5.28. The summed E-state index contributed by atoms with van der Waals surface area (Å²) in [6.45, 7) is 8.69. The highest BCUT2D eigenvalue weighted by Gasteiger charge is 1.92. The molecule has 2 nitrogen and oxygen atoms in total. The van der Waals surface area contributed by atoms with Gasteiger partial charge < -0.3 is 10.5 Å². The maximum absolute atomic E-state index is 5.41. The van der Waals surface area contributed by atoms with Crippen molar-refractivity contribution in [2.24, 2.45) is 5.73 Å². The van der Waals surface area contributed by atoms with Gasteiger partial charge in [0.25, 0.3) is 0 Å². The lowest BCUT2D eigenvalue weighted by Gasteiger charge is -2.01. The maximum atomic E-state index is 5.41. The minimum absolute atomic E-state index is 0.688. The van der Waals surface area contributed by atoms with Crippen LogP contribution < -0.4 is 10.5 Å². The third-order valence-corrected chi connectivity index (χ3v) is 1.57. The van der Waals surface area contributed by atoms with E-state index in [9.17, 15) is 0 Å². The first-order valence-electron chi connectivity index (χ1n) is 5.70. The fourth-order valence-electron chi connectivity index (χ4n) is 0.995. The van der Waals surface area contributed by atoms with Gasteiger partial charge in [-0.2, -0.15) is 0 Å². The monoisotopic (exact) mass is 211 g/mol. The van der Waals surface area contributed by atoms with Crippen LogP contribution in [0, 0.1) is 0 Å². The van der Waals surface area contributed by atoms with E-state index >= 15 is 0 Å². The largest absolute Gasteiger partial charge is 0.497 e. The first-order valence-corrected chi connectivity index (χ1v) is 5.70. The number of nitrogens with two attached hydrogens (primary N) is 1. The van der Waals surface area contributed by atoms with Gasteiger partial charge in [-0.15, -0.1) is 0 Å². The Hall–Kier alpha value is -1.02. The molecule has 0 atom stereocenters. The first-order chi connectivity index (χ1) is 7.36. The summed E-state index contributed by atoms with van der Waals surface area (Å²) in [5.41, 5.74) is 6.64. The molecule has 0 aliphatic carbocycles. The predicted molar refractivity (Wildman–Crippen MR) is 68.4 cm³/mol. The van der Waals surface area contributed by atoms with Crippen molar-refractivity contribution in [2.45, 2.75) is 34.1 Å². The van der Waals surface area contributed by atoms with Crippen LogP contribution in [0.4, 0.5) is 0 Å². The summed E-state index contributed by atoms with van der Waals surface area (Å²) in [6, 6.07) is 7.96. The quantitative estimate of drug-likeness (QED) is 0.833. The molecule has 0 fully saturated rings. The van der Waals surface area contributed by atoms with Crippen molar-refractivity contribution in [3.63, 3.8) is 0 Å². The van der Waals surface area contributed by atoms with Gasteiger partial charge >= 0.3 is 0 Å². The Labute approximate surface area is 94.5 Å². The van der Waals surface area contributed by atoms with Gasteiger partial charge in [0.15, 0.2) is 0 Å². The summed E-state index contributed by atoms with van der Waals surface area (Å²) in [4.78, 5) is 0. The van der Waals surface area contributed by atoms with Crippen molar-refractivity contribution < 1.29 is 4.74 Å². The van der Waals surface area contributed by atoms with Crippen molar-refractivity contribution in [1.29, 1.82) is 0 Å². The van der Waals surface area contributed by atoms with E-state index in [-0.39, 0.29) is 0 Å². The van der Waals surface area contributed by atoms with Crippen molar-refractivity contribution in [2.75, 3.05) is 13.7 Å². The van der Waals surface area contributed by atoms with Gasteiger partial charge in [-0.25, -0.2) is 0 Å². The van der Waals surface area contributed by atoms with Gasteiger partial charge in [0.1, 0.15) is 5.75 Å². The Morgan fingerprint density at radius 2 is 1.73 bits per heavy atom. The molecule has 88 valence electrons. The second kappa shape index (κ2) is 13.0. The summed E-state index contributed by atoms with van der Waals surface area (Å²) >= 11 is 0. The average Bonchev–Trinajstić information content (AvgIpc) is 2.35. The molecular weight excluding hydrogens is 186 g/mol. The lowest BCUT2D eigenvalue weighted by molar-refractivity contribution is 0.414. The van der Waals surface area contributed by atoms with E-state index in [1.54, 1.807) is 7.11 Å². The molecule has 0 saturated heterocycles. The van der Waals surface area contributed by atoms with Gasteiger partial charge in [-0.1, -0.05) is 39.8 Å². The Bertz CT molecular complexity index is 224. The molecule has 15 heavy (non-hydrogen) atoms. The van der Waals surface area contributed by atoms with Crippen LogP contribution in [0.1, 0.15) is 33.3 Å². The normalized spacial score (nSPS) is 7.87. The second-order valence-electron chi connectivity index (χ2n) is 2.39. The third kappa shape index (κ3) is 8.01. The Morgan fingerprint density at radius 1 is 1.13 bits per heavy atom. The van der Waals surface area contributed by atoms with Crippen LogP contribution in [0.25, 0.3) is 0 Å². The Kier molecular flexibility index (Phi) is 14.2. The maximum Gasteiger partial charge on any atom is 0.119 e. The minimum Gasteiger partial charge on any atom is -0.497 e. The number of benzene rings is 1. The summed E-state index contributed by atoms with van der Waals surface area (Å²) in [6.07, 6.45) is 0.914. The SMILES string of the molecule is CC.CC.COc1cccc(CCN)c1. The molecule has 0 aliphatic rings. The molecule has 0 aromatic heterocycles. The van der Waals surface area contributed by atoms with Gasteiger partial charge in [0.05, 0.1) is 7.11 Å². The molecule has 0 bridgehead atoms. The van der Waals surface area contributed by atoms with E-state index < -0.39 is 0 Å². The Balaban J connectivity index is 0. The van der Waals surface area contributed by atoms with Crippen LogP contribution in [0.3, 0.4) is 0 Å². The van der Waals surface area contributed by atoms with E-state index in [1.807, 2.05) is 45.9 Å². The minimum atomic E-state index is 0.688. The van der Waals surface area contributed by atoms with Crippen LogP contribution in [0.2, 0.25) is 0 Å². The standard InChI is InChI=1S/C9H13NO.2C2H6/c1-11-9-4-2-3-8(7-9)5-6-10;2*1-2/h2-4,7H,5-6,10H2,1H3;2*1-2H3. The van der Waals surface area contributed by atoms with Gasteiger partial charge in [-0.05, 0) is 30.7 Å². The number of ether oxygens (including phenoxy) is 1. The topological polar surface area (TPSA) is 35.2 Å². The van der Waals surface area contributed by atoms with Crippen LogP contribution in [-0.4, -0.2) is 13.7 Å². The molecule has 1 aromatic rings. The summed E-state index contributed by atoms with van der Waals surface area (Å²) in [7, 11) is 1.67. The van der Waals surface area contributed by atoms with Gasteiger partial charge in [0.2, 0.25) is 0 Å². The molecule has 0 radical (unpaired) electrons. The highest BCUT2D eigenvalue weighted by atomic mass is 16.5. The van der Waals surface area contributed by atoms with Crippen molar-refractivity contribution in [1.82, 2.24) is 0 Å². The fourth-order valence-corrected chi connectivity index (χ4v) is 0.995. The molecule has 0 amide bonds. The lowest BCUT2D eigenvalue weighted by Crippen LogP contribution is -2.02. The molecule has 0 aliphatic heterocycles. The molecule has 0 heterocycles. The lowest BCUT2D eigenvalue weighted by atomic mass is 10.1. The van der Waals surface area contributed by atoms with E-state index in [0.717, 1.165) is 12.2 Å². The van der Waals surface area contributed by atoms with Gasteiger partial charge in [0, 0.05) is 0 Å². The van der Waals surface area contributed by atoms with Gasteiger partial charge in [-0.3, -0.25) is 0 Å². The molecule has 0 unspecified atom stereocenters. The van der Waals surface area contributed by atoms with E-state index in [0.29, 0.717) is 6.54 Å². The average molecular weight is 211 g/mol. The second-order valence-corrected chi connectivity index (χ2v) is 2.39. The predicted octanol–water partition coefficient (Wildman–Crippen LogP) is 3.25. The van der Waals surface area contributed by atoms with E-state index in [2.05, 4.69) is 6.07 Å².